The number of nitrogens with zero attached hydrogens (tertiary/aromatic N) is 2. The normalized spacial score (nSPS) is 14.8. The van der Waals surface area contributed by atoms with Crippen LogP contribution in [0.5, 0.6) is 0 Å². The van der Waals surface area contributed by atoms with Crippen molar-refractivity contribution >= 4 is 27.3 Å². The third-order valence-electron chi connectivity index (χ3n) is 5.32. The lowest BCUT2D eigenvalue weighted by Crippen LogP contribution is -2.40. The van der Waals surface area contributed by atoms with Gasteiger partial charge in [-0.2, -0.15) is 4.31 Å². The summed E-state index contributed by atoms with van der Waals surface area (Å²) in [5.41, 5.74) is 2.30. The van der Waals surface area contributed by atoms with Crippen LogP contribution in [-0.2, 0) is 21.2 Å². The van der Waals surface area contributed by atoms with Gasteiger partial charge in [-0.1, -0.05) is 12.1 Å². The van der Waals surface area contributed by atoms with Crippen molar-refractivity contribution in [3.05, 3.63) is 70.5 Å². The Bertz CT molecular complexity index is 1220. The number of nitrogens with one attached hydrogen (secondary N) is 1. The molecule has 0 spiro atoms. The zero-order valence-corrected chi connectivity index (χ0v) is 19.7. The first-order chi connectivity index (χ1) is 15.8. The molecule has 7 nitrogen and oxygen atoms in total. The molecule has 0 atom stereocenters. The molecule has 1 amide bonds. The number of morpholine rings is 1. The van der Waals surface area contributed by atoms with Crippen LogP contribution in [0.3, 0.4) is 0 Å². The van der Waals surface area contributed by atoms with E-state index in [1.165, 1.54) is 27.8 Å². The number of rotatable bonds is 7. The maximum Gasteiger partial charge on any atom is 0.263 e. The smallest absolute Gasteiger partial charge is 0.263 e. The van der Waals surface area contributed by atoms with E-state index in [2.05, 4.69) is 10.3 Å². The van der Waals surface area contributed by atoms with Crippen LogP contribution in [0.15, 0.2) is 53.4 Å². The van der Waals surface area contributed by atoms with Gasteiger partial charge in [0.05, 0.1) is 23.8 Å². The zero-order valence-electron chi connectivity index (χ0n) is 18.1. The number of halogens is 1. The highest BCUT2D eigenvalue weighted by Gasteiger charge is 2.26. The molecule has 1 saturated heterocycles. The second-order valence-electron chi connectivity index (χ2n) is 7.61. The van der Waals surface area contributed by atoms with Crippen LogP contribution >= 0.6 is 11.3 Å². The number of thiazole rings is 1. The number of ether oxygens (including phenoxy) is 1. The molecule has 1 aliphatic rings. The van der Waals surface area contributed by atoms with Crippen molar-refractivity contribution in [1.82, 2.24) is 14.6 Å². The quantitative estimate of drug-likeness (QED) is 0.550. The molecule has 1 aliphatic heterocycles. The van der Waals surface area contributed by atoms with E-state index in [1.54, 1.807) is 43.3 Å². The van der Waals surface area contributed by atoms with Gasteiger partial charge in [0.15, 0.2) is 0 Å². The third kappa shape index (κ3) is 5.47. The van der Waals surface area contributed by atoms with Crippen molar-refractivity contribution in [2.45, 2.75) is 18.2 Å². The van der Waals surface area contributed by atoms with Gasteiger partial charge in [0.25, 0.3) is 5.91 Å². The number of hydrogen-bond donors (Lipinski definition) is 1. The molecule has 1 aromatic heterocycles. The molecule has 4 rings (SSSR count). The van der Waals surface area contributed by atoms with Crippen LogP contribution in [0.1, 0.15) is 20.9 Å². The van der Waals surface area contributed by atoms with Crippen LogP contribution in [-0.4, -0.2) is 56.5 Å². The summed E-state index contributed by atoms with van der Waals surface area (Å²) < 4.78 is 45.2. The Morgan fingerprint density at radius 1 is 1.12 bits per heavy atom. The van der Waals surface area contributed by atoms with Gasteiger partial charge in [0.1, 0.15) is 15.7 Å². The zero-order chi connectivity index (χ0) is 23.4. The molecule has 1 N–H and O–H groups in total. The van der Waals surface area contributed by atoms with E-state index in [1.807, 2.05) is 0 Å². The fourth-order valence-corrected chi connectivity index (χ4v) is 5.88. The van der Waals surface area contributed by atoms with Gasteiger partial charge < -0.3 is 10.1 Å². The first-order valence-electron chi connectivity index (χ1n) is 10.5. The second-order valence-corrected chi connectivity index (χ2v) is 10.5. The van der Waals surface area contributed by atoms with Crippen molar-refractivity contribution in [2.24, 2.45) is 0 Å². The summed E-state index contributed by atoms with van der Waals surface area (Å²) in [5.74, 6) is -0.540. The predicted molar refractivity (Wildman–Crippen MR) is 124 cm³/mol. The number of carbonyl (C=O) groups excluding carboxylic acids is 1. The lowest BCUT2D eigenvalue weighted by atomic mass is 10.1. The number of aryl methyl sites for hydroxylation is 1. The van der Waals surface area contributed by atoms with E-state index >= 15 is 0 Å². The van der Waals surface area contributed by atoms with Crippen LogP contribution in [0.2, 0.25) is 0 Å². The number of sulfonamides is 1. The van der Waals surface area contributed by atoms with E-state index in [9.17, 15) is 17.6 Å². The summed E-state index contributed by atoms with van der Waals surface area (Å²) in [6, 6.07) is 12.7. The van der Waals surface area contributed by atoms with Gasteiger partial charge in [-0.3, -0.25) is 4.79 Å². The SMILES string of the molecule is Cc1nc(-c2ccc(F)cc2)sc1C(=O)NCCc1ccc(S(=O)(=O)N2CCOCC2)cc1. The minimum Gasteiger partial charge on any atom is -0.379 e. The maximum absolute atomic E-state index is 13.1. The molecule has 33 heavy (non-hydrogen) atoms. The largest absolute Gasteiger partial charge is 0.379 e. The van der Waals surface area contributed by atoms with Crippen LogP contribution < -0.4 is 5.32 Å². The highest BCUT2D eigenvalue weighted by molar-refractivity contribution is 7.89. The molecule has 10 heteroatoms. The highest BCUT2D eigenvalue weighted by atomic mass is 32.2. The first-order valence-corrected chi connectivity index (χ1v) is 12.8. The van der Waals surface area contributed by atoms with Gasteiger partial charge in [0.2, 0.25) is 10.0 Å². The Labute approximate surface area is 196 Å². The predicted octanol–water partition coefficient (Wildman–Crippen LogP) is 3.25. The Balaban J connectivity index is 1.34. The van der Waals surface area contributed by atoms with Crippen LogP contribution in [0, 0.1) is 12.7 Å². The Morgan fingerprint density at radius 3 is 2.45 bits per heavy atom. The van der Waals surface area contributed by atoms with E-state index in [4.69, 9.17) is 4.74 Å². The van der Waals surface area contributed by atoms with Gasteiger partial charge in [-0.25, -0.2) is 17.8 Å². The highest BCUT2D eigenvalue weighted by Crippen LogP contribution is 2.28. The monoisotopic (exact) mass is 489 g/mol. The summed E-state index contributed by atoms with van der Waals surface area (Å²) in [6.45, 7) is 3.69. The summed E-state index contributed by atoms with van der Waals surface area (Å²) in [7, 11) is -3.52. The topological polar surface area (TPSA) is 88.6 Å². The molecular formula is C23H24FN3O4S2. The van der Waals surface area contributed by atoms with E-state index in [0.717, 1.165) is 11.1 Å². The van der Waals surface area contributed by atoms with Crippen molar-refractivity contribution in [2.75, 3.05) is 32.8 Å². The summed E-state index contributed by atoms with van der Waals surface area (Å²) in [4.78, 5) is 17.8. The number of hydrogen-bond acceptors (Lipinski definition) is 6. The Morgan fingerprint density at radius 2 is 1.79 bits per heavy atom. The van der Waals surface area contributed by atoms with Crippen molar-refractivity contribution in [1.29, 1.82) is 0 Å². The lowest BCUT2D eigenvalue weighted by molar-refractivity contribution is 0.0730. The Hall–Kier alpha value is -2.66. The minimum atomic E-state index is -3.52. The molecule has 0 bridgehead atoms. The molecule has 1 fully saturated rings. The summed E-state index contributed by atoms with van der Waals surface area (Å²) in [6.07, 6.45) is 0.562. The standard InChI is InChI=1S/C23H24FN3O4S2/c1-16-21(32-23(26-16)18-4-6-19(24)7-5-18)22(28)25-11-10-17-2-8-20(9-3-17)33(29,30)27-12-14-31-15-13-27/h2-9H,10-15H2,1H3,(H,25,28). The number of amides is 1. The maximum atomic E-state index is 13.1. The second kappa shape index (κ2) is 10.1. The third-order valence-corrected chi connectivity index (χ3v) is 8.44. The summed E-state index contributed by atoms with van der Waals surface area (Å²) >= 11 is 1.27. The summed E-state index contributed by atoms with van der Waals surface area (Å²) in [5, 5.41) is 3.55. The number of aromatic nitrogens is 1. The minimum absolute atomic E-state index is 0.218. The average molecular weight is 490 g/mol. The molecule has 0 aliphatic carbocycles. The Kier molecular flexibility index (Phi) is 7.18. The fraction of sp³-hybridized carbons (Fsp3) is 0.304. The molecule has 2 heterocycles. The van der Waals surface area contributed by atoms with E-state index in [0.29, 0.717) is 54.8 Å². The number of benzene rings is 2. The van der Waals surface area contributed by atoms with Gasteiger partial charge >= 0.3 is 0 Å². The molecule has 3 aromatic rings. The van der Waals surface area contributed by atoms with Gasteiger partial charge in [-0.05, 0) is 55.3 Å². The van der Waals surface area contributed by atoms with E-state index < -0.39 is 10.0 Å². The van der Waals surface area contributed by atoms with Crippen LogP contribution in [0.25, 0.3) is 10.6 Å². The molecule has 174 valence electrons. The molecule has 0 saturated carbocycles. The molecular weight excluding hydrogens is 465 g/mol. The van der Waals surface area contributed by atoms with Crippen molar-refractivity contribution in [3.63, 3.8) is 0 Å². The fourth-order valence-electron chi connectivity index (χ4n) is 3.49. The van der Waals surface area contributed by atoms with Crippen molar-refractivity contribution < 1.29 is 22.3 Å². The van der Waals surface area contributed by atoms with E-state index in [-0.39, 0.29) is 16.6 Å². The first kappa shape index (κ1) is 23.5. The van der Waals surface area contributed by atoms with Crippen LogP contribution in [0.4, 0.5) is 4.39 Å². The van der Waals surface area contributed by atoms with Gasteiger partial charge in [0, 0.05) is 25.2 Å². The van der Waals surface area contributed by atoms with Crippen molar-refractivity contribution in [3.8, 4) is 10.6 Å². The molecule has 0 radical (unpaired) electrons. The van der Waals surface area contributed by atoms with Gasteiger partial charge in [-0.15, -0.1) is 11.3 Å². The average Bonchev–Trinajstić information content (AvgIpc) is 3.22. The number of carbonyl (C=O) groups is 1. The molecule has 0 unspecified atom stereocenters. The molecule has 2 aromatic carbocycles. The lowest BCUT2D eigenvalue weighted by Gasteiger charge is -2.26.